The second-order valence-electron chi connectivity index (χ2n) is 11.6. The maximum atomic E-state index is 14.5. The van der Waals surface area contributed by atoms with Gasteiger partial charge in [-0.15, -0.1) is 0 Å². The molecule has 44 heavy (non-hydrogen) atoms. The Hall–Kier alpha value is -4.22. The van der Waals surface area contributed by atoms with Crippen molar-refractivity contribution in [1.82, 2.24) is 13.9 Å². The van der Waals surface area contributed by atoms with Gasteiger partial charge < -0.3 is 19.3 Å². The van der Waals surface area contributed by atoms with E-state index in [1.807, 2.05) is 48.5 Å². The molecule has 0 saturated heterocycles. The number of likely N-dealkylation sites (N-methyl/N-ethyl adjacent to an activating group) is 1. The molecule has 9 nitrogen and oxygen atoms in total. The molecule has 2 aliphatic rings. The second-order valence-corrected chi connectivity index (χ2v) is 13.5. The Bertz CT molecular complexity index is 1790. The number of halogens is 1. The minimum atomic E-state index is -4.01. The van der Waals surface area contributed by atoms with Crippen LogP contribution in [-0.4, -0.2) is 53.0 Å². The summed E-state index contributed by atoms with van der Waals surface area (Å²) in [4.78, 5) is 18.3. The molecular weight excluding hydrogens is 583 g/mol. The summed E-state index contributed by atoms with van der Waals surface area (Å²) < 4.78 is 52.9. The number of sulfonamides is 1. The Morgan fingerprint density at radius 2 is 1.80 bits per heavy atom. The highest BCUT2D eigenvalue weighted by Gasteiger charge is 2.41. The standard InChI is InChI=1S/C33H35FN4O5S/c1-36-18-24(35-21-36)20-43-31-17-29-32(16-26(31)23-13-14-28(34)27(15-23)33(39)40)44(41,42)37(2)30(22-9-5-3-6-10-22)19-38(29)25-11-7-4-8-12-25/h4,7-8,11-18,21-22,30H,3,5-6,9-10,19-20H2,1-2H3,(H,39,40)/t30-/m0/s1. The number of aryl methyl sites for hydroxylation is 1. The van der Waals surface area contributed by atoms with Gasteiger partial charge in [0.2, 0.25) is 10.0 Å². The number of rotatable bonds is 7. The zero-order chi connectivity index (χ0) is 31.0. The third kappa shape index (κ3) is 5.69. The lowest BCUT2D eigenvalue weighted by Gasteiger charge is -2.36. The van der Waals surface area contributed by atoms with E-state index in [-0.39, 0.29) is 23.5 Å². The van der Waals surface area contributed by atoms with Crippen LogP contribution in [0.25, 0.3) is 11.1 Å². The van der Waals surface area contributed by atoms with Crippen molar-refractivity contribution in [2.24, 2.45) is 13.0 Å². The fraction of sp³-hybridized carbons (Fsp3) is 0.333. The first-order valence-electron chi connectivity index (χ1n) is 14.7. The molecular formula is C33H35FN4O5S. The molecule has 0 bridgehead atoms. The number of fused-ring (bicyclic) bond motifs is 1. The molecule has 0 amide bonds. The maximum Gasteiger partial charge on any atom is 0.338 e. The van der Waals surface area contributed by atoms with Crippen molar-refractivity contribution in [2.45, 2.75) is 49.6 Å². The average Bonchev–Trinajstić information content (AvgIpc) is 3.42. The summed E-state index contributed by atoms with van der Waals surface area (Å²) in [5, 5.41) is 9.63. The molecule has 11 heteroatoms. The molecule has 4 aromatic rings. The van der Waals surface area contributed by atoms with Gasteiger partial charge in [0.25, 0.3) is 0 Å². The SMILES string of the molecule is CN1[C@H](C2CCCCC2)CN(c2ccccc2)c2cc(OCc3cn(C)cn3)c(-c3ccc(F)c(C(=O)O)c3)cc2S1(=O)=O. The molecule has 0 radical (unpaired) electrons. The third-order valence-electron chi connectivity index (χ3n) is 8.75. The molecule has 1 aromatic heterocycles. The van der Waals surface area contributed by atoms with E-state index < -0.39 is 27.4 Å². The van der Waals surface area contributed by atoms with E-state index in [1.54, 1.807) is 24.0 Å². The van der Waals surface area contributed by atoms with Gasteiger partial charge in [0.1, 0.15) is 23.1 Å². The Kier molecular flexibility index (Phi) is 8.17. The third-order valence-corrected chi connectivity index (χ3v) is 10.7. The zero-order valence-electron chi connectivity index (χ0n) is 24.7. The molecule has 1 atom stereocenters. The van der Waals surface area contributed by atoms with E-state index in [9.17, 15) is 22.7 Å². The van der Waals surface area contributed by atoms with Gasteiger partial charge in [-0.3, -0.25) is 0 Å². The van der Waals surface area contributed by atoms with Crippen molar-refractivity contribution in [2.75, 3.05) is 18.5 Å². The number of hydrogen-bond donors (Lipinski definition) is 1. The molecule has 1 aliphatic heterocycles. The van der Waals surface area contributed by atoms with Crippen LogP contribution in [-0.2, 0) is 23.7 Å². The number of anilines is 2. The van der Waals surface area contributed by atoms with Crippen LogP contribution < -0.4 is 9.64 Å². The summed E-state index contributed by atoms with van der Waals surface area (Å²) in [5.41, 5.74) is 2.10. The second kappa shape index (κ2) is 12.0. The molecule has 0 unspecified atom stereocenters. The van der Waals surface area contributed by atoms with Crippen molar-refractivity contribution < 1.29 is 27.4 Å². The van der Waals surface area contributed by atoms with Crippen molar-refractivity contribution in [3.8, 4) is 16.9 Å². The average molecular weight is 619 g/mol. The van der Waals surface area contributed by atoms with E-state index in [2.05, 4.69) is 4.98 Å². The van der Waals surface area contributed by atoms with Crippen molar-refractivity contribution in [1.29, 1.82) is 0 Å². The Morgan fingerprint density at radius 3 is 2.48 bits per heavy atom. The molecule has 1 saturated carbocycles. The number of carbonyl (C=O) groups is 1. The molecule has 2 heterocycles. The largest absolute Gasteiger partial charge is 0.487 e. The normalized spacial score (nSPS) is 18.9. The van der Waals surface area contributed by atoms with Gasteiger partial charge in [-0.25, -0.2) is 22.6 Å². The number of ether oxygens (including phenoxy) is 1. The Labute approximate surface area is 256 Å². The molecule has 1 aliphatic carbocycles. The summed E-state index contributed by atoms with van der Waals surface area (Å²) in [6.45, 7) is 0.540. The van der Waals surface area contributed by atoms with Crippen molar-refractivity contribution >= 4 is 27.4 Å². The van der Waals surface area contributed by atoms with E-state index in [4.69, 9.17) is 4.74 Å². The number of aromatic carboxylic acids is 1. The van der Waals surface area contributed by atoms with Crippen LogP contribution in [0.15, 0.2) is 78.1 Å². The number of para-hydroxylation sites is 1. The highest BCUT2D eigenvalue weighted by Crippen LogP contribution is 2.46. The molecule has 3 aromatic carbocycles. The lowest BCUT2D eigenvalue weighted by molar-refractivity contribution is 0.0692. The summed E-state index contributed by atoms with van der Waals surface area (Å²) in [5.74, 6) is -1.77. The van der Waals surface area contributed by atoms with Gasteiger partial charge in [0.05, 0.1) is 23.3 Å². The number of aromatic nitrogens is 2. The van der Waals surface area contributed by atoms with Gasteiger partial charge in [0.15, 0.2) is 0 Å². The van der Waals surface area contributed by atoms with E-state index in [0.29, 0.717) is 34.8 Å². The van der Waals surface area contributed by atoms with E-state index in [0.717, 1.165) is 43.9 Å². The first-order chi connectivity index (χ1) is 21.1. The van der Waals surface area contributed by atoms with Crippen LogP contribution in [0.3, 0.4) is 0 Å². The summed E-state index contributed by atoms with van der Waals surface area (Å²) in [6.07, 6.45) is 8.67. The lowest BCUT2D eigenvalue weighted by Crippen LogP contribution is -2.46. The fourth-order valence-corrected chi connectivity index (χ4v) is 8.02. The first kappa shape index (κ1) is 29.8. The monoisotopic (exact) mass is 618 g/mol. The number of hydrogen-bond acceptors (Lipinski definition) is 6. The number of carboxylic acids is 1. The minimum absolute atomic E-state index is 0.0727. The van der Waals surface area contributed by atoms with Gasteiger partial charge in [-0.1, -0.05) is 43.5 Å². The Morgan fingerprint density at radius 1 is 1.05 bits per heavy atom. The van der Waals surface area contributed by atoms with E-state index in [1.165, 1.54) is 22.5 Å². The van der Waals surface area contributed by atoms with Crippen molar-refractivity contribution in [3.63, 3.8) is 0 Å². The number of benzene rings is 3. The van der Waals surface area contributed by atoms with Gasteiger partial charge in [-0.05, 0) is 54.7 Å². The molecule has 0 spiro atoms. The lowest BCUT2D eigenvalue weighted by atomic mass is 9.83. The number of imidazole rings is 1. The molecule has 1 N–H and O–H groups in total. The highest BCUT2D eigenvalue weighted by molar-refractivity contribution is 7.89. The Balaban J connectivity index is 1.56. The number of carboxylic acid groups (broad SMARTS) is 1. The van der Waals surface area contributed by atoms with Gasteiger partial charge in [-0.2, -0.15) is 4.31 Å². The minimum Gasteiger partial charge on any atom is -0.487 e. The predicted molar refractivity (Wildman–Crippen MR) is 165 cm³/mol. The summed E-state index contributed by atoms with van der Waals surface area (Å²) in [7, 11) is -0.516. The molecule has 1 fully saturated rings. The summed E-state index contributed by atoms with van der Waals surface area (Å²) in [6, 6.07) is 16.4. The van der Waals surface area contributed by atoms with Crippen LogP contribution >= 0.6 is 0 Å². The predicted octanol–water partition coefficient (Wildman–Crippen LogP) is 6.22. The topological polar surface area (TPSA) is 105 Å². The summed E-state index contributed by atoms with van der Waals surface area (Å²) >= 11 is 0. The smallest absolute Gasteiger partial charge is 0.338 e. The van der Waals surface area contributed by atoms with Gasteiger partial charge in [0, 0.05) is 50.2 Å². The van der Waals surface area contributed by atoms with Crippen LogP contribution in [0.1, 0.15) is 48.2 Å². The van der Waals surface area contributed by atoms with Crippen LogP contribution in [0.5, 0.6) is 5.75 Å². The number of nitrogens with zero attached hydrogens (tertiary/aromatic N) is 4. The quantitative estimate of drug-likeness (QED) is 0.262. The maximum absolute atomic E-state index is 14.5. The van der Waals surface area contributed by atoms with E-state index >= 15 is 0 Å². The van der Waals surface area contributed by atoms with Gasteiger partial charge >= 0.3 is 5.97 Å². The highest BCUT2D eigenvalue weighted by atomic mass is 32.2. The van der Waals surface area contributed by atoms with Crippen LogP contribution in [0.2, 0.25) is 0 Å². The van der Waals surface area contributed by atoms with Crippen LogP contribution in [0.4, 0.5) is 15.8 Å². The fourth-order valence-electron chi connectivity index (χ4n) is 6.41. The first-order valence-corrected chi connectivity index (χ1v) is 16.2. The molecule has 230 valence electrons. The van der Waals surface area contributed by atoms with Crippen LogP contribution in [0, 0.1) is 11.7 Å². The zero-order valence-corrected chi connectivity index (χ0v) is 25.5. The molecule has 6 rings (SSSR count). The van der Waals surface area contributed by atoms with Crippen molar-refractivity contribution in [3.05, 3.63) is 90.3 Å².